The molecule has 2 aliphatic carbocycles. The number of urea groups is 1. The number of hydrogen-bond donors (Lipinski definition) is 2. The number of benzene rings is 1. The molecule has 1 fully saturated rings. The van der Waals surface area contributed by atoms with Crippen molar-refractivity contribution in [1.82, 2.24) is 20.2 Å². The van der Waals surface area contributed by atoms with Crippen LogP contribution in [0, 0.1) is 0 Å². The molecule has 2 aliphatic rings. The van der Waals surface area contributed by atoms with E-state index in [0.29, 0.717) is 12.4 Å². The molecule has 168 valence electrons. The molecule has 1 aromatic carbocycles. The maximum absolute atomic E-state index is 13.2. The van der Waals surface area contributed by atoms with Crippen LogP contribution in [0.25, 0.3) is 10.2 Å². The average molecular weight is 451 g/mol. The Hall–Kier alpha value is -2.67. The zero-order valence-corrected chi connectivity index (χ0v) is 19.2. The van der Waals surface area contributed by atoms with Crippen molar-refractivity contribution in [2.45, 2.75) is 76.9 Å². The highest BCUT2D eigenvalue weighted by Gasteiger charge is 2.23. The van der Waals surface area contributed by atoms with Crippen LogP contribution in [0.2, 0.25) is 0 Å². The van der Waals surface area contributed by atoms with Gasteiger partial charge in [-0.15, -0.1) is 11.3 Å². The number of hydrogen-bond acceptors (Lipinski definition) is 4. The number of amides is 2. The van der Waals surface area contributed by atoms with Crippen LogP contribution in [-0.2, 0) is 25.9 Å². The molecule has 7 heteroatoms. The van der Waals surface area contributed by atoms with Gasteiger partial charge in [-0.25, -0.2) is 9.78 Å². The molecule has 0 unspecified atom stereocenters. The van der Waals surface area contributed by atoms with Gasteiger partial charge < -0.3 is 15.2 Å². The number of nitrogens with one attached hydrogen (secondary N) is 2. The van der Waals surface area contributed by atoms with E-state index in [0.717, 1.165) is 60.7 Å². The minimum atomic E-state index is -0.0889. The molecule has 0 aliphatic heterocycles. The molecule has 0 spiro atoms. The Kier molecular flexibility index (Phi) is 6.26. The minimum absolute atomic E-state index is 0.0725. The van der Waals surface area contributed by atoms with Crippen molar-refractivity contribution < 1.29 is 4.79 Å². The van der Waals surface area contributed by atoms with E-state index in [-0.39, 0.29) is 24.2 Å². The first-order chi connectivity index (χ1) is 15.7. The summed E-state index contributed by atoms with van der Waals surface area (Å²) in [4.78, 5) is 37.8. The summed E-state index contributed by atoms with van der Waals surface area (Å²) in [6, 6.07) is 10.1. The predicted octanol–water partition coefficient (Wildman–Crippen LogP) is 4.91. The number of H-pyrrole nitrogens is 1. The SMILES string of the molecule is O=C(NC1CCCCC1)N(Cc1ccccc1)Cc1nc2sc3c(c2c(=O)[nH]1)CCCC3. The van der Waals surface area contributed by atoms with Crippen molar-refractivity contribution >= 4 is 27.6 Å². The fourth-order valence-electron chi connectivity index (χ4n) is 4.98. The fourth-order valence-corrected chi connectivity index (χ4v) is 6.26. The molecule has 0 atom stereocenters. The van der Waals surface area contributed by atoms with Crippen LogP contribution in [-0.4, -0.2) is 26.9 Å². The van der Waals surface area contributed by atoms with E-state index in [4.69, 9.17) is 4.98 Å². The van der Waals surface area contributed by atoms with E-state index < -0.39 is 0 Å². The number of rotatable bonds is 5. The summed E-state index contributed by atoms with van der Waals surface area (Å²) in [7, 11) is 0. The van der Waals surface area contributed by atoms with Gasteiger partial charge in [-0.3, -0.25) is 4.79 Å². The smallest absolute Gasteiger partial charge is 0.318 e. The highest BCUT2D eigenvalue weighted by atomic mass is 32.1. The summed E-state index contributed by atoms with van der Waals surface area (Å²) in [6.45, 7) is 0.753. The highest BCUT2D eigenvalue weighted by molar-refractivity contribution is 7.18. The molecular weight excluding hydrogens is 420 g/mol. The third-order valence-electron chi connectivity index (χ3n) is 6.65. The molecule has 2 aromatic heterocycles. The maximum Gasteiger partial charge on any atom is 0.318 e. The molecule has 2 heterocycles. The summed E-state index contributed by atoms with van der Waals surface area (Å²) in [5, 5.41) is 3.98. The first-order valence-corrected chi connectivity index (χ1v) is 12.6. The van der Waals surface area contributed by atoms with E-state index in [1.54, 1.807) is 16.2 Å². The highest BCUT2D eigenvalue weighted by Crippen LogP contribution is 2.33. The lowest BCUT2D eigenvalue weighted by molar-refractivity contribution is 0.183. The van der Waals surface area contributed by atoms with Crippen LogP contribution in [0.15, 0.2) is 35.1 Å². The van der Waals surface area contributed by atoms with Crippen LogP contribution in [0.4, 0.5) is 4.79 Å². The first kappa shape index (κ1) is 21.2. The lowest BCUT2D eigenvalue weighted by Gasteiger charge is -2.28. The molecule has 2 amide bonds. The number of aromatic nitrogens is 2. The van der Waals surface area contributed by atoms with Crippen LogP contribution >= 0.6 is 11.3 Å². The summed E-state index contributed by atoms with van der Waals surface area (Å²) in [5.41, 5.74) is 2.17. The summed E-state index contributed by atoms with van der Waals surface area (Å²) in [6.07, 6.45) is 9.95. The van der Waals surface area contributed by atoms with Crippen LogP contribution < -0.4 is 10.9 Å². The standard InChI is InChI=1S/C25H30N4O2S/c30-23-22-19-13-7-8-14-20(19)32-24(22)28-21(27-23)16-29(15-17-9-3-1-4-10-17)25(31)26-18-11-5-2-6-12-18/h1,3-4,9-10,18H,2,5-8,11-16H2,(H,26,31)(H,27,28,30). The number of fused-ring (bicyclic) bond motifs is 3. The van der Waals surface area contributed by atoms with Crippen molar-refractivity contribution in [1.29, 1.82) is 0 Å². The van der Waals surface area contributed by atoms with E-state index in [9.17, 15) is 9.59 Å². The van der Waals surface area contributed by atoms with Gasteiger partial charge >= 0.3 is 6.03 Å². The predicted molar refractivity (Wildman–Crippen MR) is 128 cm³/mol. The van der Waals surface area contributed by atoms with Gasteiger partial charge in [0.1, 0.15) is 10.7 Å². The Labute approximate surface area is 192 Å². The molecule has 0 bridgehead atoms. The van der Waals surface area contributed by atoms with Crippen molar-refractivity contribution in [3.8, 4) is 0 Å². The monoisotopic (exact) mass is 450 g/mol. The quantitative estimate of drug-likeness (QED) is 0.580. The number of aromatic amines is 1. The lowest BCUT2D eigenvalue weighted by Crippen LogP contribution is -2.45. The summed E-state index contributed by atoms with van der Waals surface area (Å²) in [5.74, 6) is 0.552. The van der Waals surface area contributed by atoms with Crippen molar-refractivity contribution in [3.05, 3.63) is 62.5 Å². The van der Waals surface area contributed by atoms with Gasteiger partial charge in [-0.05, 0) is 49.7 Å². The van der Waals surface area contributed by atoms with Gasteiger partial charge in [0.05, 0.1) is 11.9 Å². The fraction of sp³-hybridized carbons (Fsp3) is 0.480. The summed E-state index contributed by atoms with van der Waals surface area (Å²) < 4.78 is 0. The Morgan fingerprint density at radius 2 is 1.84 bits per heavy atom. The Morgan fingerprint density at radius 1 is 1.06 bits per heavy atom. The Morgan fingerprint density at radius 3 is 2.66 bits per heavy atom. The molecule has 2 N–H and O–H groups in total. The Balaban J connectivity index is 1.41. The average Bonchev–Trinajstić information content (AvgIpc) is 3.19. The molecule has 32 heavy (non-hydrogen) atoms. The number of nitrogens with zero attached hydrogens (tertiary/aromatic N) is 2. The molecule has 5 rings (SSSR count). The van der Waals surface area contributed by atoms with Gasteiger partial charge in [0, 0.05) is 17.5 Å². The molecule has 0 radical (unpaired) electrons. The second-order valence-electron chi connectivity index (χ2n) is 9.03. The minimum Gasteiger partial charge on any atom is -0.335 e. The number of carbonyl (C=O) groups excluding carboxylic acids is 1. The number of aryl methyl sites for hydroxylation is 2. The third kappa shape index (κ3) is 4.58. The molecule has 1 saturated carbocycles. The van der Waals surface area contributed by atoms with Crippen molar-refractivity contribution in [2.75, 3.05) is 0 Å². The molecule has 6 nitrogen and oxygen atoms in total. The van der Waals surface area contributed by atoms with E-state index in [1.807, 2.05) is 30.3 Å². The maximum atomic E-state index is 13.2. The number of carbonyl (C=O) groups is 1. The summed E-state index contributed by atoms with van der Waals surface area (Å²) >= 11 is 1.65. The topological polar surface area (TPSA) is 78.1 Å². The van der Waals surface area contributed by atoms with Gasteiger partial charge in [0.25, 0.3) is 5.56 Å². The normalized spacial score (nSPS) is 16.6. The van der Waals surface area contributed by atoms with Crippen LogP contribution in [0.3, 0.4) is 0 Å². The van der Waals surface area contributed by atoms with Gasteiger partial charge in [0.15, 0.2) is 0 Å². The molecule has 3 aromatic rings. The van der Waals surface area contributed by atoms with E-state index >= 15 is 0 Å². The number of thiophene rings is 1. The van der Waals surface area contributed by atoms with Crippen LogP contribution in [0.1, 0.15) is 66.8 Å². The Bertz CT molecular complexity index is 1150. The lowest BCUT2D eigenvalue weighted by atomic mass is 9.96. The molecule has 0 saturated heterocycles. The van der Waals surface area contributed by atoms with Gasteiger partial charge in [0.2, 0.25) is 0 Å². The van der Waals surface area contributed by atoms with Crippen LogP contribution in [0.5, 0.6) is 0 Å². The third-order valence-corrected chi connectivity index (χ3v) is 7.84. The zero-order chi connectivity index (χ0) is 21.9. The van der Waals surface area contributed by atoms with E-state index in [1.165, 1.54) is 23.3 Å². The van der Waals surface area contributed by atoms with Gasteiger partial charge in [-0.2, -0.15) is 0 Å². The van der Waals surface area contributed by atoms with E-state index in [2.05, 4.69) is 10.3 Å². The second-order valence-corrected chi connectivity index (χ2v) is 10.1. The van der Waals surface area contributed by atoms with Crippen molar-refractivity contribution in [2.24, 2.45) is 0 Å². The second kappa shape index (κ2) is 9.45. The first-order valence-electron chi connectivity index (χ1n) is 11.8. The largest absolute Gasteiger partial charge is 0.335 e. The molecular formula is C25H30N4O2S. The van der Waals surface area contributed by atoms with Crippen molar-refractivity contribution in [3.63, 3.8) is 0 Å². The zero-order valence-electron chi connectivity index (χ0n) is 18.4. The van der Waals surface area contributed by atoms with Gasteiger partial charge in [-0.1, -0.05) is 49.6 Å².